The maximum absolute atomic E-state index is 12.3. The zero-order chi connectivity index (χ0) is 20.9. The molecular weight excluding hydrogens is 402 g/mol. The Balaban J connectivity index is 1.41. The van der Waals surface area contributed by atoms with Crippen molar-refractivity contribution in [2.24, 2.45) is 0 Å². The summed E-state index contributed by atoms with van der Waals surface area (Å²) in [5.41, 5.74) is 2.63. The van der Waals surface area contributed by atoms with Gasteiger partial charge in [0.25, 0.3) is 0 Å². The lowest BCUT2D eigenvalue weighted by Gasteiger charge is -2.08. The predicted molar refractivity (Wildman–Crippen MR) is 115 cm³/mol. The summed E-state index contributed by atoms with van der Waals surface area (Å²) in [6, 6.07) is 15.0. The van der Waals surface area contributed by atoms with Gasteiger partial charge < -0.3 is 10.6 Å². The highest BCUT2D eigenvalue weighted by Crippen LogP contribution is 2.17. The first-order valence-electron chi connectivity index (χ1n) is 9.49. The lowest BCUT2D eigenvalue weighted by atomic mass is 10.2. The molecule has 8 nitrogen and oxygen atoms in total. The normalized spacial score (nSPS) is 10.9. The number of nitrogens with one attached hydrogen (secondary N) is 2. The predicted octanol–water partition coefficient (Wildman–Crippen LogP) is 3.66. The van der Waals surface area contributed by atoms with Crippen LogP contribution in [0.4, 0.5) is 11.6 Å². The van der Waals surface area contributed by atoms with Crippen molar-refractivity contribution in [1.29, 1.82) is 0 Å². The minimum atomic E-state index is -0.141. The Bertz CT molecular complexity index is 1190. The molecule has 4 rings (SSSR count). The molecule has 4 aromatic rings. The monoisotopic (exact) mass is 421 g/mol. The van der Waals surface area contributed by atoms with Crippen LogP contribution in [0, 0.1) is 6.92 Å². The second-order valence-electron chi connectivity index (χ2n) is 6.82. The SMILES string of the molecule is Cc1ccnc(NC(=O)CCc2nnc3ccc(NCc4ccccc4Cl)nn23)c1. The summed E-state index contributed by atoms with van der Waals surface area (Å²) in [5.74, 6) is 1.67. The first kappa shape index (κ1) is 19.8. The third-order valence-corrected chi connectivity index (χ3v) is 4.87. The molecular formula is C21H20ClN7O. The standard InChI is InChI=1S/C21H20ClN7O/c1-14-10-11-23-18(12-14)25-21(30)9-8-20-27-26-19-7-6-17(28-29(19)20)24-13-15-4-2-3-5-16(15)22/h2-7,10-12H,8-9,13H2,1H3,(H,24,28)(H,23,25,30). The van der Waals surface area contributed by atoms with Crippen molar-refractivity contribution in [2.75, 3.05) is 10.6 Å². The van der Waals surface area contributed by atoms with Crippen LogP contribution < -0.4 is 10.6 Å². The number of pyridine rings is 1. The van der Waals surface area contributed by atoms with Gasteiger partial charge in [-0.2, -0.15) is 4.52 Å². The molecule has 0 aliphatic heterocycles. The first-order valence-corrected chi connectivity index (χ1v) is 9.87. The van der Waals surface area contributed by atoms with Gasteiger partial charge in [-0.15, -0.1) is 15.3 Å². The average molecular weight is 422 g/mol. The molecule has 3 aromatic heterocycles. The molecule has 2 N–H and O–H groups in total. The molecule has 0 fully saturated rings. The van der Waals surface area contributed by atoms with Gasteiger partial charge in [0.15, 0.2) is 11.5 Å². The van der Waals surface area contributed by atoms with E-state index in [9.17, 15) is 4.79 Å². The van der Waals surface area contributed by atoms with Crippen molar-refractivity contribution in [3.63, 3.8) is 0 Å². The molecule has 0 saturated carbocycles. The molecule has 0 bridgehead atoms. The van der Waals surface area contributed by atoms with Gasteiger partial charge in [-0.25, -0.2) is 4.98 Å². The maximum atomic E-state index is 12.3. The summed E-state index contributed by atoms with van der Waals surface area (Å²) >= 11 is 6.20. The first-order chi connectivity index (χ1) is 14.6. The van der Waals surface area contributed by atoms with Crippen LogP contribution in [-0.2, 0) is 17.8 Å². The van der Waals surface area contributed by atoms with Crippen molar-refractivity contribution >= 4 is 34.8 Å². The molecule has 0 saturated heterocycles. The fraction of sp³-hybridized carbons (Fsp3) is 0.190. The number of carbonyl (C=O) groups excluding carboxylic acids is 1. The van der Waals surface area contributed by atoms with E-state index in [4.69, 9.17) is 11.6 Å². The summed E-state index contributed by atoms with van der Waals surface area (Å²) < 4.78 is 1.65. The summed E-state index contributed by atoms with van der Waals surface area (Å²) in [4.78, 5) is 16.4. The summed E-state index contributed by atoms with van der Waals surface area (Å²) in [6.45, 7) is 2.49. The number of hydrogen-bond acceptors (Lipinski definition) is 6. The Labute approximate surface area is 178 Å². The van der Waals surface area contributed by atoms with Crippen LogP contribution in [0.3, 0.4) is 0 Å². The van der Waals surface area contributed by atoms with E-state index in [1.165, 1.54) is 0 Å². The van der Waals surface area contributed by atoms with Gasteiger partial charge in [0.2, 0.25) is 5.91 Å². The molecule has 0 unspecified atom stereocenters. The van der Waals surface area contributed by atoms with Crippen LogP contribution in [0.2, 0.25) is 5.02 Å². The second-order valence-corrected chi connectivity index (χ2v) is 7.22. The van der Waals surface area contributed by atoms with Gasteiger partial charge >= 0.3 is 0 Å². The number of nitrogens with zero attached hydrogens (tertiary/aromatic N) is 5. The van der Waals surface area contributed by atoms with Gasteiger partial charge in [-0.3, -0.25) is 4.79 Å². The number of amides is 1. The highest BCUT2D eigenvalue weighted by atomic mass is 35.5. The lowest BCUT2D eigenvalue weighted by Crippen LogP contribution is -2.14. The van der Waals surface area contributed by atoms with Crippen LogP contribution in [0.15, 0.2) is 54.7 Å². The van der Waals surface area contributed by atoms with Crippen molar-refractivity contribution in [1.82, 2.24) is 24.8 Å². The van der Waals surface area contributed by atoms with E-state index in [-0.39, 0.29) is 12.3 Å². The average Bonchev–Trinajstić information content (AvgIpc) is 3.14. The van der Waals surface area contributed by atoms with Crippen LogP contribution in [0.25, 0.3) is 5.65 Å². The Morgan fingerprint density at radius 3 is 2.80 bits per heavy atom. The van der Waals surface area contributed by atoms with Crippen molar-refractivity contribution in [3.8, 4) is 0 Å². The maximum Gasteiger partial charge on any atom is 0.225 e. The number of anilines is 2. The number of carbonyl (C=O) groups is 1. The van der Waals surface area contributed by atoms with Crippen molar-refractivity contribution in [2.45, 2.75) is 26.3 Å². The molecule has 1 aromatic carbocycles. The summed E-state index contributed by atoms with van der Waals surface area (Å²) in [6.07, 6.45) is 2.31. The van der Waals surface area contributed by atoms with Gasteiger partial charge in [0.1, 0.15) is 11.6 Å². The van der Waals surface area contributed by atoms with E-state index in [1.807, 2.05) is 55.5 Å². The summed E-state index contributed by atoms with van der Waals surface area (Å²) in [7, 11) is 0. The smallest absolute Gasteiger partial charge is 0.225 e. The molecule has 3 heterocycles. The van der Waals surface area contributed by atoms with Crippen LogP contribution in [0.5, 0.6) is 0 Å². The van der Waals surface area contributed by atoms with Crippen LogP contribution >= 0.6 is 11.6 Å². The summed E-state index contributed by atoms with van der Waals surface area (Å²) in [5, 5.41) is 19.6. The van der Waals surface area contributed by atoms with Gasteiger partial charge in [-0.1, -0.05) is 29.8 Å². The minimum Gasteiger partial charge on any atom is -0.364 e. The number of benzene rings is 1. The largest absolute Gasteiger partial charge is 0.364 e. The Kier molecular flexibility index (Phi) is 5.85. The van der Waals surface area contributed by atoms with E-state index < -0.39 is 0 Å². The molecule has 152 valence electrons. The molecule has 30 heavy (non-hydrogen) atoms. The Morgan fingerprint density at radius 1 is 1.10 bits per heavy atom. The van der Waals surface area contributed by atoms with Crippen molar-refractivity contribution in [3.05, 3.63) is 76.7 Å². The zero-order valence-corrected chi connectivity index (χ0v) is 17.1. The molecule has 9 heteroatoms. The molecule has 0 spiro atoms. The van der Waals surface area contributed by atoms with E-state index >= 15 is 0 Å². The Hall–Kier alpha value is -3.52. The quantitative estimate of drug-likeness (QED) is 0.472. The number of aromatic nitrogens is 5. The van der Waals surface area contributed by atoms with E-state index in [1.54, 1.807) is 10.7 Å². The number of hydrogen-bond donors (Lipinski definition) is 2. The molecule has 0 atom stereocenters. The van der Waals surface area contributed by atoms with Gasteiger partial charge in [-0.05, 0) is 48.4 Å². The zero-order valence-electron chi connectivity index (χ0n) is 16.3. The van der Waals surface area contributed by atoms with E-state index in [2.05, 4.69) is 30.9 Å². The fourth-order valence-electron chi connectivity index (χ4n) is 2.95. The minimum absolute atomic E-state index is 0.141. The highest BCUT2D eigenvalue weighted by Gasteiger charge is 2.11. The molecule has 0 aliphatic rings. The Morgan fingerprint density at radius 2 is 1.97 bits per heavy atom. The topological polar surface area (TPSA) is 97.1 Å². The number of fused-ring (bicyclic) bond motifs is 1. The van der Waals surface area contributed by atoms with E-state index in [0.717, 1.165) is 11.1 Å². The molecule has 0 aliphatic carbocycles. The van der Waals surface area contributed by atoms with E-state index in [0.29, 0.717) is 41.1 Å². The van der Waals surface area contributed by atoms with Crippen LogP contribution in [-0.4, -0.2) is 30.7 Å². The fourth-order valence-corrected chi connectivity index (χ4v) is 3.15. The van der Waals surface area contributed by atoms with Gasteiger partial charge in [0.05, 0.1) is 0 Å². The third kappa shape index (κ3) is 4.72. The lowest BCUT2D eigenvalue weighted by molar-refractivity contribution is -0.116. The molecule has 0 radical (unpaired) electrons. The van der Waals surface area contributed by atoms with Crippen molar-refractivity contribution < 1.29 is 4.79 Å². The number of rotatable bonds is 7. The van der Waals surface area contributed by atoms with Crippen LogP contribution in [0.1, 0.15) is 23.4 Å². The molecule has 1 amide bonds. The highest BCUT2D eigenvalue weighted by molar-refractivity contribution is 6.31. The number of halogens is 1. The second kappa shape index (κ2) is 8.87. The third-order valence-electron chi connectivity index (χ3n) is 4.50. The van der Waals surface area contributed by atoms with Gasteiger partial charge in [0, 0.05) is 30.6 Å². The number of aryl methyl sites for hydroxylation is 2.